The highest BCUT2D eigenvalue weighted by Gasteiger charge is 2.24. The Kier molecular flexibility index (Phi) is 7.36. The normalized spacial score (nSPS) is 10.5. The van der Waals surface area contributed by atoms with E-state index in [2.05, 4.69) is 0 Å². The summed E-state index contributed by atoms with van der Waals surface area (Å²) in [6, 6.07) is 8.40. The second-order valence-corrected chi connectivity index (χ2v) is 6.32. The minimum atomic E-state index is -0.617. The summed E-state index contributed by atoms with van der Waals surface area (Å²) in [4.78, 5) is 25.5. The van der Waals surface area contributed by atoms with Gasteiger partial charge < -0.3 is 14.6 Å². The number of hydrogen-bond donors (Lipinski definition) is 1. The van der Waals surface area contributed by atoms with Gasteiger partial charge in [-0.3, -0.25) is 14.2 Å². The van der Waals surface area contributed by atoms with Crippen LogP contribution >= 0.6 is 0 Å². The van der Waals surface area contributed by atoms with E-state index in [-0.39, 0.29) is 23.2 Å². The highest BCUT2D eigenvalue weighted by Crippen LogP contribution is 2.26. The van der Waals surface area contributed by atoms with E-state index in [9.17, 15) is 20.0 Å². The van der Waals surface area contributed by atoms with E-state index in [1.165, 1.54) is 14.0 Å². The number of ether oxygens (including phenoxy) is 2. The molecular formula is C21H24N2O5. The number of carbonyl (C=O) groups excluding carboxylic acids is 1. The lowest BCUT2D eigenvalue weighted by atomic mass is 9.97. The van der Waals surface area contributed by atoms with Gasteiger partial charge in [-0.15, -0.1) is 0 Å². The van der Waals surface area contributed by atoms with Gasteiger partial charge in [-0.05, 0) is 49.6 Å². The average molecular weight is 384 g/mol. The molecule has 0 bridgehead atoms. The Morgan fingerprint density at radius 1 is 1.25 bits per heavy atom. The third-order valence-corrected chi connectivity index (χ3v) is 4.35. The van der Waals surface area contributed by atoms with Gasteiger partial charge in [0.1, 0.15) is 17.4 Å². The topological polar surface area (TPSA) is 102 Å². The molecule has 2 aromatic rings. The second-order valence-electron chi connectivity index (χ2n) is 6.32. The van der Waals surface area contributed by atoms with Gasteiger partial charge >= 0.3 is 0 Å². The molecule has 1 aromatic carbocycles. The van der Waals surface area contributed by atoms with Gasteiger partial charge in [-0.25, -0.2) is 0 Å². The number of hydrogen-bond acceptors (Lipinski definition) is 6. The van der Waals surface area contributed by atoms with Crippen molar-refractivity contribution in [3.8, 4) is 17.7 Å². The number of nitriles is 1. The summed E-state index contributed by atoms with van der Waals surface area (Å²) in [7, 11) is 1.53. The minimum Gasteiger partial charge on any atom is -0.494 e. The number of nitrogens with zero attached hydrogens (tertiary/aromatic N) is 2. The van der Waals surface area contributed by atoms with Crippen molar-refractivity contribution in [3.05, 3.63) is 56.9 Å². The summed E-state index contributed by atoms with van der Waals surface area (Å²) in [5.74, 6) is -0.260. The SMILES string of the molecule is CCCOc1ccc(C(=O)c2c(C)c(C#N)c(=O)n(CCCOC)c2O)cc1. The lowest BCUT2D eigenvalue weighted by molar-refractivity contribution is 0.103. The lowest BCUT2D eigenvalue weighted by Gasteiger charge is -2.15. The van der Waals surface area contributed by atoms with Gasteiger partial charge in [0.2, 0.25) is 5.88 Å². The summed E-state index contributed by atoms with van der Waals surface area (Å²) in [6.45, 7) is 4.58. The van der Waals surface area contributed by atoms with Crippen LogP contribution in [0.5, 0.6) is 11.6 Å². The first-order valence-electron chi connectivity index (χ1n) is 9.09. The summed E-state index contributed by atoms with van der Waals surface area (Å²) >= 11 is 0. The summed E-state index contributed by atoms with van der Waals surface area (Å²) in [5.41, 5.74) is -0.316. The molecule has 1 N–H and O–H groups in total. The van der Waals surface area contributed by atoms with E-state index >= 15 is 0 Å². The van der Waals surface area contributed by atoms with E-state index in [1.807, 2.05) is 13.0 Å². The van der Waals surface area contributed by atoms with E-state index < -0.39 is 17.2 Å². The van der Waals surface area contributed by atoms with Crippen LogP contribution < -0.4 is 10.3 Å². The predicted molar refractivity (Wildman–Crippen MR) is 104 cm³/mol. The van der Waals surface area contributed by atoms with Gasteiger partial charge in [0.05, 0.1) is 12.2 Å². The molecule has 1 aromatic heterocycles. The number of rotatable bonds is 9. The summed E-state index contributed by atoms with van der Waals surface area (Å²) < 4.78 is 11.5. The molecule has 28 heavy (non-hydrogen) atoms. The molecule has 2 rings (SSSR count). The first-order chi connectivity index (χ1) is 13.5. The zero-order chi connectivity index (χ0) is 20.7. The largest absolute Gasteiger partial charge is 0.494 e. The van der Waals surface area contributed by atoms with E-state index in [4.69, 9.17) is 9.47 Å². The number of aromatic nitrogens is 1. The molecule has 0 unspecified atom stereocenters. The first-order valence-corrected chi connectivity index (χ1v) is 9.09. The number of ketones is 1. The van der Waals surface area contributed by atoms with Crippen LogP contribution in [0.2, 0.25) is 0 Å². The van der Waals surface area contributed by atoms with Crippen molar-refractivity contribution in [2.45, 2.75) is 33.2 Å². The molecule has 0 atom stereocenters. The molecular weight excluding hydrogens is 360 g/mol. The van der Waals surface area contributed by atoms with Crippen LogP contribution in [0.1, 0.15) is 46.8 Å². The van der Waals surface area contributed by atoms with Gasteiger partial charge in [0.25, 0.3) is 5.56 Å². The van der Waals surface area contributed by atoms with Crippen molar-refractivity contribution in [3.63, 3.8) is 0 Å². The zero-order valence-electron chi connectivity index (χ0n) is 16.3. The van der Waals surface area contributed by atoms with Crippen molar-refractivity contribution in [1.29, 1.82) is 5.26 Å². The van der Waals surface area contributed by atoms with Crippen molar-refractivity contribution in [2.24, 2.45) is 0 Å². The third kappa shape index (κ3) is 4.41. The van der Waals surface area contributed by atoms with Crippen molar-refractivity contribution >= 4 is 5.78 Å². The molecule has 0 saturated carbocycles. The Bertz CT molecular complexity index is 939. The number of aromatic hydroxyl groups is 1. The molecule has 0 saturated heterocycles. The number of methoxy groups -OCH3 is 1. The first kappa shape index (κ1) is 21.2. The van der Waals surface area contributed by atoms with Crippen LogP contribution in [0, 0.1) is 18.3 Å². The Balaban J connectivity index is 2.48. The van der Waals surface area contributed by atoms with Crippen molar-refractivity contribution in [1.82, 2.24) is 4.57 Å². The molecule has 0 amide bonds. The Labute approximate surface area is 163 Å². The van der Waals surface area contributed by atoms with Crippen LogP contribution in [-0.2, 0) is 11.3 Å². The minimum absolute atomic E-state index is 0.0456. The highest BCUT2D eigenvalue weighted by atomic mass is 16.5. The maximum Gasteiger partial charge on any atom is 0.271 e. The lowest BCUT2D eigenvalue weighted by Crippen LogP contribution is -2.27. The molecule has 7 nitrogen and oxygen atoms in total. The zero-order valence-corrected chi connectivity index (χ0v) is 16.3. The van der Waals surface area contributed by atoms with Gasteiger partial charge in [0.15, 0.2) is 5.78 Å². The molecule has 0 aliphatic heterocycles. The average Bonchev–Trinajstić information content (AvgIpc) is 2.69. The van der Waals surface area contributed by atoms with Gasteiger partial charge in [-0.1, -0.05) is 6.92 Å². The quantitative estimate of drug-likeness (QED) is 0.527. The fourth-order valence-corrected chi connectivity index (χ4v) is 2.86. The van der Waals surface area contributed by atoms with Crippen LogP contribution in [-0.4, -0.2) is 35.8 Å². The smallest absolute Gasteiger partial charge is 0.271 e. The maximum atomic E-state index is 13.0. The molecule has 0 aliphatic rings. The number of carbonyl (C=O) groups is 1. The van der Waals surface area contributed by atoms with E-state index in [0.717, 1.165) is 11.0 Å². The molecule has 0 aliphatic carbocycles. The van der Waals surface area contributed by atoms with Crippen molar-refractivity contribution in [2.75, 3.05) is 20.3 Å². The van der Waals surface area contributed by atoms with Crippen molar-refractivity contribution < 1.29 is 19.4 Å². The molecule has 0 fully saturated rings. The van der Waals surface area contributed by atoms with Crippen LogP contribution in [0.25, 0.3) is 0 Å². The van der Waals surface area contributed by atoms with E-state index in [1.54, 1.807) is 24.3 Å². The van der Waals surface area contributed by atoms with Gasteiger partial charge in [-0.2, -0.15) is 5.26 Å². The van der Waals surface area contributed by atoms with Crippen LogP contribution in [0.15, 0.2) is 29.1 Å². The third-order valence-electron chi connectivity index (χ3n) is 4.35. The Morgan fingerprint density at radius 2 is 1.93 bits per heavy atom. The molecule has 148 valence electrons. The van der Waals surface area contributed by atoms with Crippen LogP contribution in [0.4, 0.5) is 0 Å². The molecule has 7 heteroatoms. The molecule has 1 heterocycles. The van der Waals surface area contributed by atoms with E-state index in [0.29, 0.717) is 30.9 Å². The Morgan fingerprint density at radius 3 is 2.50 bits per heavy atom. The monoisotopic (exact) mass is 384 g/mol. The fraction of sp³-hybridized carbons (Fsp3) is 0.381. The highest BCUT2D eigenvalue weighted by molar-refractivity contribution is 6.11. The van der Waals surface area contributed by atoms with Gasteiger partial charge in [0, 0.05) is 25.8 Å². The predicted octanol–water partition coefficient (Wildman–Crippen LogP) is 2.79. The number of pyridine rings is 1. The summed E-state index contributed by atoms with van der Waals surface area (Å²) in [6.07, 6.45) is 1.32. The van der Waals surface area contributed by atoms with Crippen LogP contribution in [0.3, 0.4) is 0 Å². The fourth-order valence-electron chi connectivity index (χ4n) is 2.86. The maximum absolute atomic E-state index is 13.0. The molecule has 0 radical (unpaired) electrons. The second kappa shape index (κ2) is 9.72. The number of benzene rings is 1. The standard InChI is InChI=1S/C21H24N2O5/c1-4-11-28-16-8-6-15(7-9-16)19(24)18-14(2)17(13-22)20(25)23(21(18)26)10-5-12-27-3/h6-9,26H,4-5,10-12H2,1-3H3. The Hall–Kier alpha value is -3.11. The molecule has 0 spiro atoms. The summed E-state index contributed by atoms with van der Waals surface area (Å²) in [5, 5.41) is 20.0.